The molecule has 6 N–H and O–H groups in total. The monoisotopic (exact) mass is 217 g/mol. The van der Waals surface area contributed by atoms with Crippen LogP contribution in [0.1, 0.15) is 19.8 Å². The third-order valence-corrected chi connectivity index (χ3v) is 1.78. The van der Waals surface area contributed by atoms with Crippen LogP contribution in [0.2, 0.25) is 0 Å². The molecule has 0 aromatic rings. The average molecular weight is 217 g/mol. The average Bonchev–Trinajstić information content (AvgIpc) is 2.11. The lowest BCUT2D eigenvalue weighted by Gasteiger charge is -2.15. The smallest absolute Gasteiger partial charge is 0.326 e. The molecular formula is C8H15N3O4. The Kier molecular flexibility index (Phi) is 5.32. The highest BCUT2D eigenvalue weighted by Gasteiger charge is 2.22. The second-order valence-corrected chi connectivity index (χ2v) is 3.08. The first-order chi connectivity index (χ1) is 6.88. The maximum absolute atomic E-state index is 11.2. The predicted octanol–water partition coefficient (Wildman–Crippen LogP) is -1.83. The summed E-state index contributed by atoms with van der Waals surface area (Å²) in [6, 6.07) is -2.09. The van der Waals surface area contributed by atoms with Crippen LogP contribution in [0.15, 0.2) is 0 Å². The zero-order valence-corrected chi connectivity index (χ0v) is 8.40. The summed E-state index contributed by atoms with van der Waals surface area (Å²) >= 11 is 0. The van der Waals surface area contributed by atoms with Crippen LogP contribution in [-0.4, -0.2) is 35.0 Å². The molecule has 0 aromatic carbocycles. The van der Waals surface area contributed by atoms with E-state index in [-0.39, 0.29) is 12.8 Å². The number of amides is 2. The molecule has 0 heterocycles. The largest absolute Gasteiger partial charge is 0.480 e. The molecule has 0 aliphatic carbocycles. The Bertz CT molecular complexity index is 267. The maximum atomic E-state index is 11.2. The summed E-state index contributed by atoms with van der Waals surface area (Å²) in [4.78, 5) is 32.3. The van der Waals surface area contributed by atoms with E-state index in [4.69, 9.17) is 16.6 Å². The van der Waals surface area contributed by atoms with Crippen molar-refractivity contribution in [3.05, 3.63) is 0 Å². The SMILES string of the molecule is CCC(NC(=O)C(N)CC(N)=O)C(=O)O. The van der Waals surface area contributed by atoms with Crippen molar-refractivity contribution in [2.24, 2.45) is 11.5 Å². The highest BCUT2D eigenvalue weighted by Crippen LogP contribution is 1.94. The molecule has 86 valence electrons. The van der Waals surface area contributed by atoms with E-state index in [0.29, 0.717) is 0 Å². The fraction of sp³-hybridized carbons (Fsp3) is 0.625. The molecule has 15 heavy (non-hydrogen) atoms. The van der Waals surface area contributed by atoms with Crippen LogP contribution in [0.3, 0.4) is 0 Å². The molecule has 0 aliphatic heterocycles. The molecule has 7 nitrogen and oxygen atoms in total. The van der Waals surface area contributed by atoms with Gasteiger partial charge in [-0.2, -0.15) is 0 Å². The minimum Gasteiger partial charge on any atom is -0.480 e. The first-order valence-corrected chi connectivity index (χ1v) is 4.45. The van der Waals surface area contributed by atoms with Gasteiger partial charge in [-0.3, -0.25) is 9.59 Å². The number of primary amides is 1. The van der Waals surface area contributed by atoms with Crippen LogP contribution in [0.5, 0.6) is 0 Å². The van der Waals surface area contributed by atoms with E-state index in [0.717, 1.165) is 0 Å². The van der Waals surface area contributed by atoms with Gasteiger partial charge in [0.15, 0.2) is 0 Å². The van der Waals surface area contributed by atoms with E-state index >= 15 is 0 Å². The van der Waals surface area contributed by atoms with E-state index in [1.165, 1.54) is 0 Å². The number of hydrogen-bond donors (Lipinski definition) is 4. The molecule has 2 atom stereocenters. The lowest BCUT2D eigenvalue weighted by Crippen LogP contribution is -2.49. The first kappa shape index (κ1) is 13.4. The van der Waals surface area contributed by atoms with Crippen molar-refractivity contribution in [3.63, 3.8) is 0 Å². The maximum Gasteiger partial charge on any atom is 0.326 e. The van der Waals surface area contributed by atoms with Crippen LogP contribution in [0.25, 0.3) is 0 Å². The summed E-state index contributed by atoms with van der Waals surface area (Å²) in [5.74, 6) is -2.54. The lowest BCUT2D eigenvalue weighted by molar-refractivity contribution is -0.142. The Morgan fingerprint density at radius 2 is 1.93 bits per heavy atom. The van der Waals surface area contributed by atoms with Crippen LogP contribution in [-0.2, 0) is 14.4 Å². The van der Waals surface area contributed by atoms with Gasteiger partial charge in [0.2, 0.25) is 11.8 Å². The number of nitrogens with two attached hydrogens (primary N) is 2. The number of carbonyl (C=O) groups excluding carboxylic acids is 2. The second-order valence-electron chi connectivity index (χ2n) is 3.08. The predicted molar refractivity (Wildman–Crippen MR) is 51.6 cm³/mol. The molecule has 0 aromatic heterocycles. The summed E-state index contributed by atoms with van der Waals surface area (Å²) in [6.45, 7) is 1.61. The quantitative estimate of drug-likeness (QED) is 0.415. The Labute approximate surface area is 86.8 Å². The van der Waals surface area contributed by atoms with Crippen LogP contribution in [0, 0.1) is 0 Å². The van der Waals surface area contributed by atoms with Gasteiger partial charge in [-0.15, -0.1) is 0 Å². The summed E-state index contributed by atoms with van der Waals surface area (Å²) in [5.41, 5.74) is 10.2. The van der Waals surface area contributed by atoms with E-state index in [2.05, 4.69) is 5.32 Å². The molecule has 2 unspecified atom stereocenters. The Morgan fingerprint density at radius 1 is 1.40 bits per heavy atom. The fourth-order valence-electron chi connectivity index (χ4n) is 0.927. The molecule has 0 bridgehead atoms. The minimum absolute atomic E-state index is 0.240. The van der Waals surface area contributed by atoms with Crippen molar-refractivity contribution in [1.29, 1.82) is 0 Å². The summed E-state index contributed by atoms with van der Waals surface area (Å²) in [7, 11) is 0. The lowest BCUT2D eigenvalue weighted by atomic mass is 10.1. The normalized spacial score (nSPS) is 14.0. The van der Waals surface area contributed by atoms with Gasteiger partial charge in [0.05, 0.1) is 12.5 Å². The highest BCUT2D eigenvalue weighted by atomic mass is 16.4. The molecule has 0 fully saturated rings. The molecule has 0 saturated heterocycles. The molecule has 0 aliphatic rings. The zero-order chi connectivity index (χ0) is 12.0. The van der Waals surface area contributed by atoms with Crippen molar-refractivity contribution in [2.45, 2.75) is 31.8 Å². The molecule has 7 heteroatoms. The van der Waals surface area contributed by atoms with Crippen LogP contribution < -0.4 is 16.8 Å². The Hall–Kier alpha value is -1.63. The van der Waals surface area contributed by atoms with Gasteiger partial charge in [-0.1, -0.05) is 6.92 Å². The highest BCUT2D eigenvalue weighted by molar-refractivity contribution is 5.90. The number of rotatable bonds is 6. The van der Waals surface area contributed by atoms with E-state index < -0.39 is 29.9 Å². The van der Waals surface area contributed by atoms with Gasteiger partial charge < -0.3 is 21.9 Å². The van der Waals surface area contributed by atoms with Gasteiger partial charge in [-0.25, -0.2) is 4.79 Å². The summed E-state index contributed by atoms with van der Waals surface area (Å²) < 4.78 is 0. The van der Waals surface area contributed by atoms with Crippen molar-refractivity contribution in [2.75, 3.05) is 0 Å². The Balaban J connectivity index is 4.21. The number of carboxylic acids is 1. The molecule has 2 amide bonds. The van der Waals surface area contributed by atoms with Gasteiger partial charge in [0.25, 0.3) is 0 Å². The summed E-state index contributed by atoms with van der Waals surface area (Å²) in [5, 5.41) is 10.8. The standard InChI is InChI=1S/C8H15N3O4/c1-2-5(8(14)15)11-7(13)4(9)3-6(10)12/h4-5H,2-3,9H2,1H3,(H2,10,12)(H,11,13)(H,14,15). The Morgan fingerprint density at radius 3 is 2.27 bits per heavy atom. The number of nitrogens with one attached hydrogen (secondary N) is 1. The van der Waals surface area contributed by atoms with E-state index in [1.807, 2.05) is 0 Å². The van der Waals surface area contributed by atoms with Crippen molar-refractivity contribution in [3.8, 4) is 0 Å². The number of carboxylic acid groups (broad SMARTS) is 1. The topological polar surface area (TPSA) is 136 Å². The second kappa shape index (κ2) is 5.97. The zero-order valence-electron chi connectivity index (χ0n) is 8.40. The minimum atomic E-state index is -1.14. The van der Waals surface area contributed by atoms with Crippen molar-refractivity contribution >= 4 is 17.8 Å². The number of hydrogen-bond acceptors (Lipinski definition) is 4. The van der Waals surface area contributed by atoms with Crippen molar-refractivity contribution in [1.82, 2.24) is 5.32 Å². The van der Waals surface area contributed by atoms with Crippen LogP contribution in [0.4, 0.5) is 0 Å². The van der Waals surface area contributed by atoms with Crippen LogP contribution >= 0.6 is 0 Å². The molecule has 0 rings (SSSR count). The van der Waals surface area contributed by atoms with Crippen molar-refractivity contribution < 1.29 is 19.5 Å². The van der Waals surface area contributed by atoms with Gasteiger partial charge in [0.1, 0.15) is 6.04 Å². The fourth-order valence-corrected chi connectivity index (χ4v) is 0.927. The van der Waals surface area contributed by atoms with E-state index in [9.17, 15) is 14.4 Å². The van der Waals surface area contributed by atoms with Gasteiger partial charge in [-0.05, 0) is 6.42 Å². The summed E-state index contributed by atoms with van der Waals surface area (Å²) in [6.07, 6.45) is -0.0632. The number of carbonyl (C=O) groups is 3. The molecule has 0 radical (unpaired) electrons. The van der Waals surface area contributed by atoms with E-state index in [1.54, 1.807) is 6.92 Å². The molecular weight excluding hydrogens is 202 g/mol. The number of aliphatic carboxylic acids is 1. The third-order valence-electron chi connectivity index (χ3n) is 1.78. The van der Waals surface area contributed by atoms with Gasteiger partial charge in [0, 0.05) is 0 Å². The molecule has 0 saturated carbocycles. The third kappa shape index (κ3) is 4.96. The first-order valence-electron chi connectivity index (χ1n) is 4.45. The molecule has 0 spiro atoms. The van der Waals surface area contributed by atoms with Gasteiger partial charge >= 0.3 is 5.97 Å².